The summed E-state index contributed by atoms with van der Waals surface area (Å²) in [5.41, 5.74) is 6.53. The Morgan fingerprint density at radius 1 is 1.47 bits per heavy atom. The molecule has 3 nitrogen and oxygen atoms in total. The molecule has 0 aliphatic heterocycles. The number of hydrogen-bond donors (Lipinski definition) is 1. The first-order valence-electron chi connectivity index (χ1n) is 4.40. The summed E-state index contributed by atoms with van der Waals surface area (Å²) in [6.45, 7) is 0.595. The van der Waals surface area contributed by atoms with E-state index >= 15 is 0 Å². The summed E-state index contributed by atoms with van der Waals surface area (Å²) in [5, 5.41) is 0. The van der Waals surface area contributed by atoms with Gasteiger partial charge in [-0.05, 0) is 37.1 Å². The van der Waals surface area contributed by atoms with Gasteiger partial charge < -0.3 is 5.73 Å². The molecule has 0 fully saturated rings. The topological polar surface area (TPSA) is 52.3 Å². The minimum absolute atomic E-state index is 0. The molecule has 84 valence electrons. The molecule has 0 aliphatic rings. The SMILES string of the molecule is Cl.NCCCc1cccc(C(=O)OF)c1. The third-order valence-electron chi connectivity index (χ3n) is 1.90. The van der Waals surface area contributed by atoms with E-state index in [0.717, 1.165) is 18.4 Å². The van der Waals surface area contributed by atoms with Crippen molar-refractivity contribution in [3.63, 3.8) is 0 Å². The molecule has 15 heavy (non-hydrogen) atoms. The Bertz CT molecular complexity index is 320. The average molecular weight is 234 g/mol. The third-order valence-corrected chi connectivity index (χ3v) is 1.90. The van der Waals surface area contributed by atoms with Crippen LogP contribution >= 0.6 is 12.4 Å². The summed E-state index contributed by atoms with van der Waals surface area (Å²) in [4.78, 5) is 13.9. The van der Waals surface area contributed by atoms with Crippen molar-refractivity contribution in [2.45, 2.75) is 12.8 Å². The Morgan fingerprint density at radius 3 is 2.80 bits per heavy atom. The van der Waals surface area contributed by atoms with Crippen molar-refractivity contribution in [2.24, 2.45) is 5.73 Å². The summed E-state index contributed by atoms with van der Waals surface area (Å²) >= 11 is 0. The molecule has 0 radical (unpaired) electrons. The van der Waals surface area contributed by atoms with Crippen LogP contribution < -0.4 is 5.73 Å². The highest BCUT2D eigenvalue weighted by Gasteiger charge is 2.07. The van der Waals surface area contributed by atoms with Gasteiger partial charge in [0.15, 0.2) is 0 Å². The second kappa shape index (κ2) is 7.20. The first kappa shape index (κ1) is 13.9. The van der Waals surface area contributed by atoms with E-state index in [-0.39, 0.29) is 18.0 Å². The summed E-state index contributed by atoms with van der Waals surface area (Å²) < 4.78 is 11.6. The summed E-state index contributed by atoms with van der Waals surface area (Å²) in [7, 11) is 0. The standard InChI is InChI=1S/C10H12FNO2.ClH/c11-14-10(13)9-5-1-3-8(7-9)4-2-6-12;/h1,3,5,7H,2,4,6,12H2;1H. The van der Waals surface area contributed by atoms with E-state index < -0.39 is 5.97 Å². The number of aryl methyl sites for hydroxylation is 1. The molecule has 1 rings (SSSR count). The van der Waals surface area contributed by atoms with E-state index in [2.05, 4.69) is 4.94 Å². The van der Waals surface area contributed by atoms with Crippen LogP contribution in [0.2, 0.25) is 0 Å². The minimum atomic E-state index is -0.959. The number of rotatable bonds is 4. The van der Waals surface area contributed by atoms with Crippen LogP contribution in [0.3, 0.4) is 0 Å². The van der Waals surface area contributed by atoms with Gasteiger partial charge in [0, 0.05) is 4.53 Å². The predicted molar refractivity (Wildman–Crippen MR) is 57.6 cm³/mol. The number of benzene rings is 1. The molecule has 0 heterocycles. The lowest BCUT2D eigenvalue weighted by molar-refractivity contribution is -0.0788. The van der Waals surface area contributed by atoms with Crippen LogP contribution in [0.1, 0.15) is 22.3 Å². The number of halogens is 2. The van der Waals surface area contributed by atoms with E-state index in [1.54, 1.807) is 12.1 Å². The first-order chi connectivity index (χ1) is 6.77. The Labute approximate surface area is 93.7 Å². The number of hydrogen-bond acceptors (Lipinski definition) is 3. The highest BCUT2D eigenvalue weighted by molar-refractivity contribution is 5.89. The number of nitrogens with two attached hydrogens (primary N) is 1. The number of carbonyl (C=O) groups excluding carboxylic acids is 1. The molecule has 2 N–H and O–H groups in total. The van der Waals surface area contributed by atoms with Gasteiger partial charge in [-0.1, -0.05) is 12.1 Å². The van der Waals surface area contributed by atoms with Crippen molar-refractivity contribution >= 4 is 18.4 Å². The lowest BCUT2D eigenvalue weighted by atomic mass is 10.1. The molecule has 0 unspecified atom stereocenters. The van der Waals surface area contributed by atoms with E-state index in [4.69, 9.17) is 5.73 Å². The third kappa shape index (κ3) is 4.27. The fourth-order valence-corrected chi connectivity index (χ4v) is 1.20. The maximum Gasteiger partial charge on any atom is 0.379 e. The molecule has 0 bridgehead atoms. The van der Waals surface area contributed by atoms with Crippen LogP contribution in [0.15, 0.2) is 24.3 Å². The molecule has 0 amide bonds. The Morgan fingerprint density at radius 2 is 2.20 bits per heavy atom. The lowest BCUT2D eigenvalue weighted by Gasteiger charge is -2.01. The minimum Gasteiger partial charge on any atom is -0.330 e. The van der Waals surface area contributed by atoms with Crippen LogP contribution in [-0.4, -0.2) is 12.5 Å². The molecule has 1 aromatic rings. The van der Waals surface area contributed by atoms with Gasteiger partial charge in [-0.25, -0.2) is 9.74 Å². The summed E-state index contributed by atoms with van der Waals surface area (Å²) in [6.07, 6.45) is 1.62. The van der Waals surface area contributed by atoms with E-state index in [1.807, 2.05) is 6.07 Å². The largest absolute Gasteiger partial charge is 0.379 e. The fraction of sp³-hybridized carbons (Fsp3) is 0.300. The zero-order valence-corrected chi connectivity index (χ0v) is 8.93. The molecular formula is C10H13ClFNO2. The van der Waals surface area contributed by atoms with Crippen molar-refractivity contribution in [3.8, 4) is 0 Å². The Kier molecular flexibility index (Phi) is 6.66. The van der Waals surface area contributed by atoms with Gasteiger partial charge >= 0.3 is 5.97 Å². The van der Waals surface area contributed by atoms with E-state index in [0.29, 0.717) is 6.54 Å². The second-order valence-corrected chi connectivity index (χ2v) is 2.96. The van der Waals surface area contributed by atoms with Gasteiger partial charge in [0.2, 0.25) is 0 Å². The maximum atomic E-state index is 11.6. The number of carbonyl (C=O) groups is 1. The lowest BCUT2D eigenvalue weighted by Crippen LogP contribution is -2.02. The van der Waals surface area contributed by atoms with Crippen molar-refractivity contribution in [3.05, 3.63) is 35.4 Å². The quantitative estimate of drug-likeness (QED) is 0.866. The molecule has 5 heteroatoms. The zero-order valence-electron chi connectivity index (χ0n) is 8.11. The fourth-order valence-electron chi connectivity index (χ4n) is 1.20. The molecule has 0 atom stereocenters. The second-order valence-electron chi connectivity index (χ2n) is 2.96. The Balaban J connectivity index is 0.00000196. The zero-order chi connectivity index (χ0) is 10.4. The molecule has 0 saturated heterocycles. The van der Waals surface area contributed by atoms with E-state index in [1.165, 1.54) is 6.07 Å². The van der Waals surface area contributed by atoms with Crippen LogP contribution in [0.4, 0.5) is 4.53 Å². The molecule has 0 spiro atoms. The van der Waals surface area contributed by atoms with Gasteiger partial charge in [-0.3, -0.25) is 0 Å². The molecular weight excluding hydrogens is 221 g/mol. The molecule has 0 aliphatic carbocycles. The highest BCUT2D eigenvalue weighted by Crippen LogP contribution is 2.08. The summed E-state index contributed by atoms with van der Waals surface area (Å²) in [6, 6.07) is 6.67. The van der Waals surface area contributed by atoms with Crippen LogP contribution in [0.25, 0.3) is 0 Å². The average Bonchev–Trinajstić information content (AvgIpc) is 2.25. The van der Waals surface area contributed by atoms with Crippen LogP contribution in [0, 0.1) is 0 Å². The summed E-state index contributed by atoms with van der Waals surface area (Å²) in [5.74, 6) is -0.959. The van der Waals surface area contributed by atoms with Crippen molar-refractivity contribution < 1.29 is 14.3 Å². The first-order valence-corrected chi connectivity index (χ1v) is 4.40. The maximum absolute atomic E-state index is 11.6. The van der Waals surface area contributed by atoms with Gasteiger partial charge in [0.1, 0.15) is 0 Å². The molecule has 0 saturated carbocycles. The molecule has 1 aromatic carbocycles. The smallest absolute Gasteiger partial charge is 0.330 e. The van der Waals surface area contributed by atoms with Crippen molar-refractivity contribution in [1.82, 2.24) is 0 Å². The molecule has 0 aromatic heterocycles. The predicted octanol–water partition coefficient (Wildman–Crippen LogP) is 2.04. The van der Waals surface area contributed by atoms with Gasteiger partial charge in [-0.2, -0.15) is 0 Å². The van der Waals surface area contributed by atoms with E-state index in [9.17, 15) is 9.32 Å². The monoisotopic (exact) mass is 233 g/mol. The van der Waals surface area contributed by atoms with Crippen molar-refractivity contribution in [1.29, 1.82) is 0 Å². The van der Waals surface area contributed by atoms with Crippen molar-refractivity contribution in [2.75, 3.05) is 6.54 Å². The van der Waals surface area contributed by atoms with Gasteiger partial charge in [0.25, 0.3) is 0 Å². The Hall–Kier alpha value is -1.13. The van der Waals surface area contributed by atoms with Gasteiger partial charge in [-0.15, -0.1) is 12.4 Å². The normalized spacial score (nSPS) is 9.20. The highest BCUT2D eigenvalue weighted by atomic mass is 35.5. The van der Waals surface area contributed by atoms with Crippen LogP contribution in [-0.2, 0) is 11.4 Å². The van der Waals surface area contributed by atoms with Crippen LogP contribution in [0.5, 0.6) is 0 Å². The van der Waals surface area contributed by atoms with Gasteiger partial charge in [0.05, 0.1) is 5.56 Å².